The first-order chi connectivity index (χ1) is 10.6. The summed E-state index contributed by atoms with van der Waals surface area (Å²) >= 11 is 6.47. The standard InChI is InChI=1S/C18H24ClN3/c1-14-15(12-21(2)20-14)13-22-11-7-3-4-10-18(22)16-8-5-6-9-17(16)19/h5-6,8-9,12,18H,3-4,7,10-11,13H2,1-2H3. The summed E-state index contributed by atoms with van der Waals surface area (Å²) in [7, 11) is 1.99. The van der Waals surface area contributed by atoms with Crippen LogP contribution >= 0.6 is 11.6 Å². The summed E-state index contributed by atoms with van der Waals surface area (Å²) in [4.78, 5) is 2.58. The van der Waals surface area contributed by atoms with Crippen molar-refractivity contribution in [1.29, 1.82) is 0 Å². The average Bonchev–Trinajstić information content (AvgIpc) is 2.69. The van der Waals surface area contributed by atoms with Crippen LogP contribution in [0.4, 0.5) is 0 Å². The van der Waals surface area contributed by atoms with E-state index < -0.39 is 0 Å². The zero-order valence-electron chi connectivity index (χ0n) is 13.4. The first kappa shape index (κ1) is 15.6. The lowest BCUT2D eigenvalue weighted by Gasteiger charge is -2.30. The predicted octanol–water partition coefficient (Wildman–Crippen LogP) is 4.50. The van der Waals surface area contributed by atoms with Crippen molar-refractivity contribution < 1.29 is 0 Å². The molecule has 0 radical (unpaired) electrons. The molecule has 1 saturated heterocycles. The number of rotatable bonds is 3. The van der Waals surface area contributed by atoms with Crippen molar-refractivity contribution in [2.45, 2.75) is 45.2 Å². The van der Waals surface area contributed by atoms with E-state index >= 15 is 0 Å². The van der Waals surface area contributed by atoms with E-state index in [9.17, 15) is 0 Å². The monoisotopic (exact) mass is 317 g/mol. The zero-order chi connectivity index (χ0) is 15.5. The van der Waals surface area contributed by atoms with Gasteiger partial charge < -0.3 is 0 Å². The number of aryl methyl sites for hydroxylation is 2. The van der Waals surface area contributed by atoms with Crippen LogP contribution in [-0.2, 0) is 13.6 Å². The van der Waals surface area contributed by atoms with Crippen LogP contribution in [0.2, 0.25) is 5.02 Å². The molecule has 3 rings (SSSR count). The van der Waals surface area contributed by atoms with Crippen molar-refractivity contribution in [3.63, 3.8) is 0 Å². The molecule has 0 bridgehead atoms. The van der Waals surface area contributed by atoms with Crippen molar-refractivity contribution in [2.75, 3.05) is 6.54 Å². The molecule has 0 aliphatic carbocycles. The Labute approximate surface area is 137 Å². The molecular weight excluding hydrogens is 294 g/mol. The second-order valence-corrected chi connectivity index (χ2v) is 6.68. The van der Waals surface area contributed by atoms with Gasteiger partial charge in [0.1, 0.15) is 0 Å². The van der Waals surface area contributed by atoms with Crippen LogP contribution < -0.4 is 0 Å². The van der Waals surface area contributed by atoms with E-state index in [0.29, 0.717) is 6.04 Å². The number of nitrogens with zero attached hydrogens (tertiary/aromatic N) is 3. The van der Waals surface area contributed by atoms with Crippen LogP contribution in [0.5, 0.6) is 0 Å². The Morgan fingerprint density at radius 3 is 2.77 bits per heavy atom. The highest BCUT2D eigenvalue weighted by atomic mass is 35.5. The molecule has 1 unspecified atom stereocenters. The first-order valence-electron chi connectivity index (χ1n) is 8.13. The van der Waals surface area contributed by atoms with E-state index in [4.69, 9.17) is 11.6 Å². The minimum Gasteiger partial charge on any atom is -0.292 e. The number of hydrogen-bond donors (Lipinski definition) is 0. The Hall–Kier alpha value is -1.32. The third-order valence-electron chi connectivity index (χ3n) is 4.62. The molecule has 1 aromatic heterocycles. The summed E-state index contributed by atoms with van der Waals surface area (Å²) in [6, 6.07) is 8.71. The largest absolute Gasteiger partial charge is 0.292 e. The van der Waals surface area contributed by atoms with Crippen LogP contribution in [0.15, 0.2) is 30.5 Å². The highest BCUT2D eigenvalue weighted by Crippen LogP contribution is 2.35. The summed E-state index contributed by atoms with van der Waals surface area (Å²) in [5, 5.41) is 5.37. The highest BCUT2D eigenvalue weighted by Gasteiger charge is 2.25. The molecule has 1 atom stereocenters. The van der Waals surface area contributed by atoms with Crippen molar-refractivity contribution in [3.8, 4) is 0 Å². The van der Waals surface area contributed by atoms with E-state index in [0.717, 1.165) is 23.8 Å². The molecule has 0 amide bonds. The van der Waals surface area contributed by atoms with Gasteiger partial charge in [-0.1, -0.05) is 42.6 Å². The highest BCUT2D eigenvalue weighted by molar-refractivity contribution is 6.31. The van der Waals surface area contributed by atoms with Gasteiger partial charge >= 0.3 is 0 Å². The molecule has 0 saturated carbocycles. The fraction of sp³-hybridized carbons (Fsp3) is 0.500. The predicted molar refractivity (Wildman–Crippen MR) is 91.0 cm³/mol. The van der Waals surface area contributed by atoms with Crippen molar-refractivity contribution in [1.82, 2.24) is 14.7 Å². The van der Waals surface area contributed by atoms with Gasteiger partial charge in [0.05, 0.1) is 5.69 Å². The number of hydrogen-bond acceptors (Lipinski definition) is 2. The lowest BCUT2D eigenvalue weighted by molar-refractivity contribution is 0.192. The molecule has 22 heavy (non-hydrogen) atoms. The molecule has 3 nitrogen and oxygen atoms in total. The fourth-order valence-corrected chi connectivity index (χ4v) is 3.74. The van der Waals surface area contributed by atoms with Crippen LogP contribution in [0.1, 0.15) is 48.5 Å². The van der Waals surface area contributed by atoms with Crippen molar-refractivity contribution in [3.05, 3.63) is 52.3 Å². The fourth-order valence-electron chi connectivity index (χ4n) is 3.48. The van der Waals surface area contributed by atoms with E-state index in [1.807, 2.05) is 23.9 Å². The lowest BCUT2D eigenvalue weighted by atomic mass is 10.00. The molecule has 1 aliphatic heterocycles. The lowest BCUT2D eigenvalue weighted by Crippen LogP contribution is -2.28. The summed E-state index contributed by atoms with van der Waals surface area (Å²) in [5.74, 6) is 0. The van der Waals surface area contributed by atoms with Crippen molar-refractivity contribution >= 4 is 11.6 Å². The average molecular weight is 318 g/mol. The Morgan fingerprint density at radius 2 is 2.05 bits per heavy atom. The zero-order valence-corrected chi connectivity index (χ0v) is 14.2. The minimum absolute atomic E-state index is 0.413. The van der Waals surface area contributed by atoms with Gasteiger partial charge in [-0.05, 0) is 37.9 Å². The van der Waals surface area contributed by atoms with Gasteiger partial charge in [-0.15, -0.1) is 0 Å². The van der Waals surface area contributed by atoms with Gasteiger partial charge in [-0.2, -0.15) is 5.10 Å². The maximum absolute atomic E-state index is 6.47. The number of benzene rings is 1. The van der Waals surface area contributed by atoms with Gasteiger partial charge in [-0.25, -0.2) is 0 Å². The SMILES string of the molecule is Cc1nn(C)cc1CN1CCCCCC1c1ccccc1Cl. The van der Waals surface area contributed by atoms with Gasteiger partial charge in [-0.3, -0.25) is 9.58 Å². The second-order valence-electron chi connectivity index (χ2n) is 6.27. The van der Waals surface area contributed by atoms with E-state index in [-0.39, 0.29) is 0 Å². The van der Waals surface area contributed by atoms with Crippen LogP contribution in [0, 0.1) is 6.92 Å². The molecular formula is C18H24ClN3. The van der Waals surface area contributed by atoms with E-state index in [1.54, 1.807) is 0 Å². The van der Waals surface area contributed by atoms with Crippen LogP contribution in [0.3, 0.4) is 0 Å². The third kappa shape index (κ3) is 3.36. The van der Waals surface area contributed by atoms with Gasteiger partial charge in [0.2, 0.25) is 0 Å². The molecule has 1 fully saturated rings. The summed E-state index contributed by atoms with van der Waals surface area (Å²) in [6.45, 7) is 4.18. The number of likely N-dealkylation sites (tertiary alicyclic amines) is 1. The van der Waals surface area contributed by atoms with Gasteiger partial charge in [0.25, 0.3) is 0 Å². The molecule has 0 N–H and O–H groups in total. The quantitative estimate of drug-likeness (QED) is 0.831. The maximum Gasteiger partial charge on any atom is 0.0638 e. The smallest absolute Gasteiger partial charge is 0.0638 e. The molecule has 118 valence electrons. The maximum atomic E-state index is 6.47. The topological polar surface area (TPSA) is 21.1 Å². The van der Waals surface area contributed by atoms with Crippen molar-refractivity contribution in [2.24, 2.45) is 7.05 Å². The van der Waals surface area contributed by atoms with Gasteiger partial charge in [0, 0.05) is 36.4 Å². The van der Waals surface area contributed by atoms with E-state index in [2.05, 4.69) is 35.3 Å². The molecule has 0 spiro atoms. The summed E-state index contributed by atoms with van der Waals surface area (Å²) in [6.07, 6.45) is 7.18. The molecule has 2 heterocycles. The van der Waals surface area contributed by atoms with Gasteiger partial charge in [0.15, 0.2) is 0 Å². The molecule has 4 heteroatoms. The second kappa shape index (κ2) is 6.84. The number of aromatic nitrogens is 2. The Morgan fingerprint density at radius 1 is 1.23 bits per heavy atom. The Kier molecular flexibility index (Phi) is 4.84. The first-order valence-corrected chi connectivity index (χ1v) is 8.50. The summed E-state index contributed by atoms with van der Waals surface area (Å²) < 4.78 is 1.91. The summed E-state index contributed by atoms with van der Waals surface area (Å²) in [5.41, 5.74) is 3.72. The van der Waals surface area contributed by atoms with E-state index in [1.165, 1.54) is 36.8 Å². The normalized spacial score (nSPS) is 20.0. The molecule has 1 aliphatic rings. The Balaban J connectivity index is 1.88. The Bertz CT molecular complexity index is 635. The van der Waals surface area contributed by atoms with Crippen LogP contribution in [0.25, 0.3) is 0 Å². The third-order valence-corrected chi connectivity index (χ3v) is 4.96. The minimum atomic E-state index is 0.413. The molecule has 2 aromatic rings. The molecule has 1 aromatic carbocycles. The number of halogens is 1. The van der Waals surface area contributed by atoms with Crippen LogP contribution in [-0.4, -0.2) is 21.2 Å².